The van der Waals surface area contributed by atoms with E-state index in [2.05, 4.69) is 41.3 Å². The van der Waals surface area contributed by atoms with Crippen LogP contribution in [0.1, 0.15) is 24.5 Å². The van der Waals surface area contributed by atoms with Crippen molar-refractivity contribution in [1.29, 1.82) is 0 Å². The van der Waals surface area contributed by atoms with Gasteiger partial charge in [-0.2, -0.15) is 0 Å². The lowest BCUT2D eigenvalue weighted by molar-refractivity contribution is 0.319. The molecule has 4 heteroatoms. The predicted octanol–water partition coefficient (Wildman–Crippen LogP) is 4.19. The van der Waals surface area contributed by atoms with Gasteiger partial charge < -0.3 is 5.32 Å². The highest BCUT2D eigenvalue weighted by Gasteiger charge is 2.07. The van der Waals surface area contributed by atoms with Gasteiger partial charge in [0.05, 0.1) is 0 Å². The van der Waals surface area contributed by atoms with Gasteiger partial charge in [0.15, 0.2) is 0 Å². The average molecular weight is 304 g/mol. The minimum Gasteiger partial charge on any atom is -0.370 e. The predicted molar refractivity (Wildman–Crippen MR) is 89.6 cm³/mol. The molecule has 0 amide bonds. The number of aromatic nitrogens is 1. The van der Waals surface area contributed by atoms with Gasteiger partial charge in [-0.15, -0.1) is 0 Å². The summed E-state index contributed by atoms with van der Waals surface area (Å²) in [5, 5.41) is 4.17. The van der Waals surface area contributed by atoms with Crippen LogP contribution in [-0.4, -0.2) is 23.5 Å². The van der Waals surface area contributed by atoms with Gasteiger partial charge in [-0.3, -0.25) is 4.90 Å². The standard InChI is InChI=1S/C17H22ClN3/c1-3-9-19-17-15(7-5-10-20-17)13-21(2)12-14-6-4-8-16(18)11-14/h4-8,10-11H,3,9,12-13H2,1-2H3,(H,19,20). The lowest BCUT2D eigenvalue weighted by Gasteiger charge is -2.19. The van der Waals surface area contributed by atoms with E-state index in [-0.39, 0.29) is 0 Å². The zero-order valence-corrected chi connectivity index (χ0v) is 13.4. The fourth-order valence-electron chi connectivity index (χ4n) is 2.26. The van der Waals surface area contributed by atoms with Crippen LogP contribution in [-0.2, 0) is 13.1 Å². The molecule has 0 unspecified atom stereocenters. The number of anilines is 1. The molecule has 1 heterocycles. The van der Waals surface area contributed by atoms with E-state index in [9.17, 15) is 0 Å². The molecular formula is C17H22ClN3. The Labute approximate surface area is 132 Å². The van der Waals surface area contributed by atoms with Crippen molar-refractivity contribution in [1.82, 2.24) is 9.88 Å². The summed E-state index contributed by atoms with van der Waals surface area (Å²) in [7, 11) is 2.11. The van der Waals surface area contributed by atoms with Crippen molar-refractivity contribution >= 4 is 17.4 Å². The van der Waals surface area contributed by atoms with Crippen molar-refractivity contribution in [3.8, 4) is 0 Å². The summed E-state index contributed by atoms with van der Waals surface area (Å²) in [6.07, 6.45) is 2.92. The highest BCUT2D eigenvalue weighted by atomic mass is 35.5. The molecule has 0 radical (unpaired) electrons. The molecule has 21 heavy (non-hydrogen) atoms. The molecule has 112 valence electrons. The van der Waals surface area contributed by atoms with Crippen LogP contribution in [0.2, 0.25) is 5.02 Å². The second-order valence-electron chi connectivity index (χ2n) is 5.24. The Balaban J connectivity index is 2.00. The zero-order valence-electron chi connectivity index (χ0n) is 12.6. The minimum atomic E-state index is 0.785. The molecule has 0 spiro atoms. The van der Waals surface area contributed by atoms with Crippen LogP contribution in [0.15, 0.2) is 42.6 Å². The molecule has 0 aliphatic heterocycles. The second kappa shape index (κ2) is 8.01. The summed E-state index contributed by atoms with van der Waals surface area (Å²) in [6, 6.07) is 12.1. The number of nitrogens with zero attached hydrogens (tertiary/aromatic N) is 2. The topological polar surface area (TPSA) is 28.2 Å². The van der Waals surface area contributed by atoms with Crippen molar-refractivity contribution in [2.45, 2.75) is 26.4 Å². The molecule has 3 nitrogen and oxygen atoms in total. The van der Waals surface area contributed by atoms with E-state index in [1.807, 2.05) is 30.5 Å². The maximum Gasteiger partial charge on any atom is 0.130 e. The van der Waals surface area contributed by atoms with E-state index in [4.69, 9.17) is 11.6 Å². The quantitative estimate of drug-likeness (QED) is 0.831. The average Bonchev–Trinajstić information content (AvgIpc) is 2.46. The third-order valence-corrected chi connectivity index (χ3v) is 3.45. The van der Waals surface area contributed by atoms with Gasteiger partial charge in [0.1, 0.15) is 5.82 Å². The molecule has 2 aromatic rings. The van der Waals surface area contributed by atoms with Crippen LogP contribution in [0.5, 0.6) is 0 Å². The minimum absolute atomic E-state index is 0.785. The maximum absolute atomic E-state index is 6.03. The monoisotopic (exact) mass is 303 g/mol. The summed E-state index contributed by atoms with van der Waals surface area (Å²) in [5.74, 6) is 0.984. The van der Waals surface area contributed by atoms with Crippen LogP contribution < -0.4 is 5.32 Å². The molecule has 0 saturated heterocycles. The van der Waals surface area contributed by atoms with Crippen molar-refractivity contribution in [2.75, 3.05) is 18.9 Å². The molecule has 0 saturated carbocycles. The van der Waals surface area contributed by atoms with Crippen LogP contribution in [0, 0.1) is 0 Å². The Hall–Kier alpha value is -1.58. The number of halogens is 1. The SMILES string of the molecule is CCCNc1ncccc1CN(C)Cc1cccc(Cl)c1. The molecule has 1 N–H and O–H groups in total. The highest BCUT2D eigenvalue weighted by molar-refractivity contribution is 6.30. The van der Waals surface area contributed by atoms with Crippen molar-refractivity contribution in [3.63, 3.8) is 0 Å². The summed E-state index contributed by atoms with van der Waals surface area (Å²) in [4.78, 5) is 6.70. The van der Waals surface area contributed by atoms with E-state index in [1.165, 1.54) is 11.1 Å². The van der Waals surface area contributed by atoms with Gasteiger partial charge >= 0.3 is 0 Å². The van der Waals surface area contributed by atoms with Crippen molar-refractivity contribution < 1.29 is 0 Å². The Morgan fingerprint density at radius 2 is 2.05 bits per heavy atom. The van der Waals surface area contributed by atoms with Gasteiger partial charge in [0.2, 0.25) is 0 Å². The summed E-state index contributed by atoms with van der Waals surface area (Å²) in [6.45, 7) is 4.82. The number of hydrogen-bond acceptors (Lipinski definition) is 3. The van der Waals surface area contributed by atoms with Crippen molar-refractivity contribution in [2.24, 2.45) is 0 Å². The fraction of sp³-hybridized carbons (Fsp3) is 0.353. The third kappa shape index (κ3) is 5.03. The van der Waals surface area contributed by atoms with E-state index >= 15 is 0 Å². The Bertz CT molecular complexity index is 571. The number of hydrogen-bond donors (Lipinski definition) is 1. The zero-order chi connectivity index (χ0) is 15.1. The van der Waals surface area contributed by atoms with Crippen LogP contribution in [0.4, 0.5) is 5.82 Å². The first kappa shape index (κ1) is 15.8. The molecule has 1 aromatic carbocycles. The molecule has 0 aliphatic rings. The highest BCUT2D eigenvalue weighted by Crippen LogP contribution is 2.16. The van der Waals surface area contributed by atoms with Gasteiger partial charge in [-0.1, -0.05) is 36.7 Å². The normalized spacial score (nSPS) is 10.9. The largest absolute Gasteiger partial charge is 0.370 e. The Kier molecular flexibility index (Phi) is 6.03. The van der Waals surface area contributed by atoms with Crippen molar-refractivity contribution in [3.05, 3.63) is 58.7 Å². The second-order valence-corrected chi connectivity index (χ2v) is 5.68. The Morgan fingerprint density at radius 1 is 1.19 bits per heavy atom. The van der Waals surface area contributed by atoms with E-state index in [0.717, 1.165) is 36.9 Å². The van der Waals surface area contributed by atoms with E-state index < -0.39 is 0 Å². The van der Waals surface area contributed by atoms with Gasteiger partial charge in [0, 0.05) is 36.4 Å². The van der Waals surface area contributed by atoms with Gasteiger partial charge in [-0.05, 0) is 37.2 Å². The smallest absolute Gasteiger partial charge is 0.130 e. The third-order valence-electron chi connectivity index (χ3n) is 3.22. The van der Waals surface area contributed by atoms with E-state index in [0.29, 0.717) is 0 Å². The lowest BCUT2D eigenvalue weighted by atomic mass is 10.2. The number of pyridine rings is 1. The molecule has 0 aliphatic carbocycles. The first-order valence-corrected chi connectivity index (χ1v) is 7.67. The molecular weight excluding hydrogens is 282 g/mol. The van der Waals surface area contributed by atoms with Gasteiger partial charge in [-0.25, -0.2) is 4.98 Å². The number of benzene rings is 1. The maximum atomic E-state index is 6.03. The first-order valence-electron chi connectivity index (χ1n) is 7.29. The first-order chi connectivity index (χ1) is 10.2. The number of rotatable bonds is 7. The molecule has 0 fully saturated rings. The summed E-state index contributed by atoms with van der Waals surface area (Å²) in [5.41, 5.74) is 2.44. The summed E-state index contributed by atoms with van der Waals surface area (Å²) < 4.78 is 0. The molecule has 0 bridgehead atoms. The number of nitrogens with one attached hydrogen (secondary N) is 1. The Morgan fingerprint density at radius 3 is 2.81 bits per heavy atom. The lowest BCUT2D eigenvalue weighted by Crippen LogP contribution is -2.18. The molecule has 0 atom stereocenters. The van der Waals surface area contributed by atoms with Crippen LogP contribution >= 0.6 is 11.6 Å². The van der Waals surface area contributed by atoms with Crippen LogP contribution in [0.3, 0.4) is 0 Å². The summed E-state index contributed by atoms with van der Waals surface area (Å²) >= 11 is 6.03. The molecule has 2 rings (SSSR count). The van der Waals surface area contributed by atoms with Crippen LogP contribution in [0.25, 0.3) is 0 Å². The molecule has 1 aromatic heterocycles. The fourth-order valence-corrected chi connectivity index (χ4v) is 2.48. The van der Waals surface area contributed by atoms with Gasteiger partial charge in [0.25, 0.3) is 0 Å². The van der Waals surface area contributed by atoms with E-state index in [1.54, 1.807) is 0 Å².